The van der Waals surface area contributed by atoms with E-state index in [4.69, 9.17) is 11.0 Å². The van der Waals surface area contributed by atoms with Crippen molar-refractivity contribution in [3.63, 3.8) is 0 Å². The van der Waals surface area contributed by atoms with Gasteiger partial charge in [0, 0.05) is 0 Å². The molecule has 0 aliphatic carbocycles. The normalized spacial score (nSPS) is 10.6. The molecule has 0 saturated carbocycles. The standard InChI is InChI=1S/C2H8N3OP/c1-2-5-7(3,4)6/h2H,1H2,(H5,3,4,5,6). The highest BCUT2D eigenvalue weighted by Gasteiger charge is 1.99. The van der Waals surface area contributed by atoms with Gasteiger partial charge in [0.1, 0.15) is 0 Å². The molecule has 0 aromatic heterocycles. The molecular weight excluding hydrogens is 113 g/mol. The van der Waals surface area contributed by atoms with Gasteiger partial charge in [0.05, 0.1) is 0 Å². The van der Waals surface area contributed by atoms with E-state index >= 15 is 0 Å². The van der Waals surface area contributed by atoms with Crippen LogP contribution in [-0.4, -0.2) is 0 Å². The van der Waals surface area contributed by atoms with Gasteiger partial charge in [0.2, 0.25) is 0 Å². The van der Waals surface area contributed by atoms with Crippen molar-refractivity contribution >= 4 is 7.59 Å². The summed E-state index contributed by atoms with van der Waals surface area (Å²) in [7, 11) is -3.03. The highest BCUT2D eigenvalue weighted by molar-refractivity contribution is 7.56. The number of hydrogen-bond acceptors (Lipinski definition) is 1. The predicted molar refractivity (Wildman–Crippen MR) is 29.3 cm³/mol. The third-order valence-corrected chi connectivity index (χ3v) is 0.879. The topological polar surface area (TPSA) is 81.1 Å². The Balaban J connectivity index is 3.57. The second kappa shape index (κ2) is 2.12. The Kier molecular flexibility index (Phi) is 2.02. The van der Waals surface area contributed by atoms with Crippen molar-refractivity contribution < 1.29 is 4.57 Å². The molecule has 7 heavy (non-hydrogen) atoms. The van der Waals surface area contributed by atoms with Gasteiger partial charge in [-0.2, -0.15) is 0 Å². The van der Waals surface area contributed by atoms with Crippen LogP contribution in [0.15, 0.2) is 12.8 Å². The van der Waals surface area contributed by atoms with E-state index in [1.807, 2.05) is 0 Å². The molecule has 0 amide bonds. The Hall–Kier alpha value is -0.310. The van der Waals surface area contributed by atoms with Crippen molar-refractivity contribution in [1.29, 1.82) is 0 Å². The summed E-state index contributed by atoms with van der Waals surface area (Å²) in [6.07, 6.45) is 1.20. The number of nitrogens with two attached hydrogens (primary N) is 2. The SMILES string of the molecule is C=CNP(N)(N)=O. The van der Waals surface area contributed by atoms with Crippen LogP contribution in [0.25, 0.3) is 0 Å². The molecule has 0 spiro atoms. The van der Waals surface area contributed by atoms with Gasteiger partial charge in [-0.3, -0.25) is 15.6 Å². The minimum Gasteiger partial charge on any atom is -0.320 e. The molecule has 0 saturated heterocycles. The van der Waals surface area contributed by atoms with Crippen LogP contribution >= 0.6 is 7.59 Å². The number of rotatable bonds is 2. The minimum absolute atomic E-state index is 1.20. The maximum absolute atomic E-state index is 10.2. The monoisotopic (exact) mass is 121 g/mol. The van der Waals surface area contributed by atoms with Gasteiger partial charge in [-0.1, -0.05) is 6.58 Å². The van der Waals surface area contributed by atoms with Gasteiger partial charge >= 0.3 is 0 Å². The summed E-state index contributed by atoms with van der Waals surface area (Å²) in [6.45, 7) is 3.20. The molecule has 0 bridgehead atoms. The molecule has 5 N–H and O–H groups in total. The van der Waals surface area contributed by atoms with Crippen molar-refractivity contribution in [1.82, 2.24) is 5.09 Å². The molecule has 5 heteroatoms. The zero-order valence-electron chi connectivity index (χ0n) is 3.79. The summed E-state index contributed by atoms with van der Waals surface area (Å²) in [5, 5.41) is 2.16. The van der Waals surface area contributed by atoms with Crippen LogP contribution in [0.1, 0.15) is 0 Å². The van der Waals surface area contributed by atoms with E-state index < -0.39 is 7.59 Å². The van der Waals surface area contributed by atoms with Crippen LogP contribution in [0, 0.1) is 0 Å². The predicted octanol–water partition coefficient (Wildman–Crippen LogP) is -0.255. The van der Waals surface area contributed by atoms with Crippen molar-refractivity contribution in [2.24, 2.45) is 11.0 Å². The van der Waals surface area contributed by atoms with Crippen LogP contribution in [0.2, 0.25) is 0 Å². The first kappa shape index (κ1) is 6.69. The maximum atomic E-state index is 10.2. The van der Waals surface area contributed by atoms with E-state index in [0.717, 1.165) is 0 Å². The van der Waals surface area contributed by atoms with Crippen LogP contribution in [0.4, 0.5) is 0 Å². The van der Waals surface area contributed by atoms with E-state index in [-0.39, 0.29) is 0 Å². The lowest BCUT2D eigenvalue weighted by Crippen LogP contribution is -2.16. The molecule has 0 radical (unpaired) electrons. The summed E-state index contributed by atoms with van der Waals surface area (Å²) in [6, 6.07) is 0. The zero-order valence-corrected chi connectivity index (χ0v) is 4.69. The Morgan fingerprint density at radius 1 is 1.71 bits per heavy atom. The van der Waals surface area contributed by atoms with Crippen LogP contribution in [-0.2, 0) is 4.57 Å². The third-order valence-electron chi connectivity index (χ3n) is 0.293. The maximum Gasteiger partial charge on any atom is 0.297 e. The summed E-state index contributed by atoms with van der Waals surface area (Å²) >= 11 is 0. The summed E-state index contributed by atoms with van der Waals surface area (Å²) in [5.41, 5.74) is 9.59. The Labute approximate surface area is 42.1 Å². The molecular formula is C2H8N3OP. The van der Waals surface area contributed by atoms with E-state index in [0.29, 0.717) is 0 Å². The fraction of sp³-hybridized carbons (Fsp3) is 0. The van der Waals surface area contributed by atoms with Crippen molar-refractivity contribution in [3.05, 3.63) is 12.8 Å². The lowest BCUT2D eigenvalue weighted by molar-refractivity contribution is 0.572. The molecule has 0 aromatic carbocycles. The minimum atomic E-state index is -3.03. The van der Waals surface area contributed by atoms with E-state index in [9.17, 15) is 4.57 Å². The van der Waals surface area contributed by atoms with E-state index in [1.54, 1.807) is 0 Å². The summed E-state index contributed by atoms with van der Waals surface area (Å²) < 4.78 is 10.2. The molecule has 4 nitrogen and oxygen atoms in total. The average molecular weight is 121 g/mol. The average Bonchev–Trinajstić information content (AvgIpc) is 1.30. The van der Waals surface area contributed by atoms with Crippen LogP contribution < -0.4 is 16.1 Å². The van der Waals surface area contributed by atoms with E-state index in [1.165, 1.54) is 6.20 Å². The van der Waals surface area contributed by atoms with Crippen LogP contribution in [0.5, 0.6) is 0 Å². The molecule has 0 aliphatic heterocycles. The van der Waals surface area contributed by atoms with Crippen molar-refractivity contribution in [2.75, 3.05) is 0 Å². The quantitative estimate of drug-likeness (QED) is 0.440. The van der Waals surface area contributed by atoms with Gasteiger partial charge < -0.3 is 5.09 Å². The zero-order chi connectivity index (χ0) is 5.91. The molecule has 0 unspecified atom stereocenters. The summed E-state index contributed by atoms with van der Waals surface area (Å²) in [5.74, 6) is 0. The number of hydrogen-bond donors (Lipinski definition) is 3. The Bertz CT molecular complexity index is 106. The largest absolute Gasteiger partial charge is 0.320 e. The Morgan fingerprint density at radius 2 is 2.14 bits per heavy atom. The second-order valence-electron chi connectivity index (χ2n) is 1.04. The highest BCUT2D eigenvalue weighted by Crippen LogP contribution is 2.15. The first-order chi connectivity index (χ1) is 3.06. The summed E-state index contributed by atoms with van der Waals surface area (Å²) in [4.78, 5) is 0. The second-order valence-corrected chi connectivity index (χ2v) is 2.72. The van der Waals surface area contributed by atoms with Crippen molar-refractivity contribution in [3.8, 4) is 0 Å². The number of nitrogens with one attached hydrogen (secondary N) is 1. The fourth-order valence-electron chi connectivity index (χ4n) is 0.143. The van der Waals surface area contributed by atoms with E-state index in [2.05, 4.69) is 11.7 Å². The van der Waals surface area contributed by atoms with Gasteiger partial charge in [0.25, 0.3) is 7.59 Å². The third kappa shape index (κ3) is 5.69. The Morgan fingerprint density at radius 3 is 2.14 bits per heavy atom. The lowest BCUT2D eigenvalue weighted by atomic mass is 11.1. The van der Waals surface area contributed by atoms with Crippen LogP contribution in [0.3, 0.4) is 0 Å². The molecule has 42 valence electrons. The molecule has 0 aromatic rings. The van der Waals surface area contributed by atoms with Gasteiger partial charge in [0.15, 0.2) is 0 Å². The van der Waals surface area contributed by atoms with Gasteiger partial charge in [-0.05, 0) is 6.20 Å². The highest BCUT2D eigenvalue weighted by atomic mass is 31.2. The molecule has 0 aliphatic rings. The molecule has 0 rings (SSSR count). The van der Waals surface area contributed by atoms with Gasteiger partial charge in [-0.25, -0.2) is 0 Å². The molecule has 0 atom stereocenters. The molecule has 0 fully saturated rings. The first-order valence-corrected chi connectivity index (χ1v) is 3.46. The fourth-order valence-corrected chi connectivity index (χ4v) is 0.428. The smallest absolute Gasteiger partial charge is 0.297 e. The molecule has 0 heterocycles. The van der Waals surface area contributed by atoms with Crippen molar-refractivity contribution in [2.45, 2.75) is 0 Å². The van der Waals surface area contributed by atoms with Gasteiger partial charge in [-0.15, -0.1) is 0 Å². The first-order valence-electron chi connectivity index (χ1n) is 1.62. The lowest BCUT2D eigenvalue weighted by Gasteiger charge is -2.01.